The van der Waals surface area contributed by atoms with Gasteiger partial charge in [0.25, 0.3) is 5.91 Å². The lowest BCUT2D eigenvalue weighted by Gasteiger charge is -2.07. The molecule has 0 saturated heterocycles. The number of nitrogens with zero attached hydrogens (tertiary/aromatic N) is 1. The molecule has 0 radical (unpaired) electrons. The van der Waals surface area contributed by atoms with Gasteiger partial charge < -0.3 is 14.8 Å². The maximum Gasteiger partial charge on any atom is 0.339 e. The number of ether oxygens (including phenoxy) is 2. The van der Waals surface area contributed by atoms with Gasteiger partial charge in [-0.1, -0.05) is 31.5 Å². The maximum atomic E-state index is 12.4. The fourth-order valence-corrected chi connectivity index (χ4v) is 2.75. The zero-order valence-corrected chi connectivity index (χ0v) is 15.6. The van der Waals surface area contributed by atoms with E-state index in [0.29, 0.717) is 18.0 Å². The Morgan fingerprint density at radius 2 is 1.96 bits per heavy atom. The molecule has 0 spiro atoms. The van der Waals surface area contributed by atoms with Gasteiger partial charge in [0, 0.05) is 17.3 Å². The molecule has 1 amide bonds. The molecule has 0 fully saturated rings. The van der Waals surface area contributed by atoms with E-state index in [0.717, 1.165) is 5.56 Å². The molecule has 6 nitrogen and oxygen atoms in total. The highest BCUT2D eigenvalue weighted by molar-refractivity contribution is 6.38. The Bertz CT molecular complexity index is 769. The van der Waals surface area contributed by atoms with Crippen molar-refractivity contribution in [1.29, 1.82) is 0 Å². The molecule has 8 heteroatoms. The Labute approximate surface area is 156 Å². The molecular weight excluding hydrogens is 367 g/mol. The minimum absolute atomic E-state index is 0.100. The van der Waals surface area contributed by atoms with Crippen LogP contribution in [0.5, 0.6) is 11.5 Å². The number of hydrogen-bond acceptors (Lipinski definition) is 4. The third-order valence-corrected chi connectivity index (χ3v) is 3.98. The Balaban J connectivity index is 0.00000109. The molecule has 1 aliphatic rings. The van der Waals surface area contributed by atoms with Gasteiger partial charge in [0.2, 0.25) is 13.0 Å². The zero-order chi connectivity index (χ0) is 18.4. The van der Waals surface area contributed by atoms with Crippen LogP contribution < -0.4 is 24.4 Å². The van der Waals surface area contributed by atoms with Gasteiger partial charge in [0.05, 0.1) is 5.02 Å². The van der Waals surface area contributed by atoms with E-state index in [-0.39, 0.29) is 22.5 Å². The quantitative estimate of drug-likeness (QED) is 0.648. The van der Waals surface area contributed by atoms with Crippen LogP contribution in [-0.4, -0.2) is 19.8 Å². The van der Waals surface area contributed by atoms with Crippen LogP contribution in [-0.2, 0) is 6.54 Å². The second-order valence-electron chi connectivity index (χ2n) is 4.71. The van der Waals surface area contributed by atoms with E-state index in [1.54, 1.807) is 6.07 Å². The molecule has 134 valence electrons. The highest BCUT2D eigenvalue weighted by Crippen LogP contribution is 2.32. The van der Waals surface area contributed by atoms with E-state index in [4.69, 9.17) is 37.5 Å². The van der Waals surface area contributed by atoms with Gasteiger partial charge in [-0.15, -0.1) is 0 Å². The Kier molecular flexibility index (Phi) is 6.73. The Morgan fingerprint density at radius 3 is 2.68 bits per heavy atom. The van der Waals surface area contributed by atoms with E-state index in [9.17, 15) is 4.79 Å². The van der Waals surface area contributed by atoms with Crippen LogP contribution in [0, 0.1) is 0 Å². The molecular formula is C17H19Cl2N2O4+. The number of amides is 1. The third kappa shape index (κ3) is 4.27. The lowest BCUT2D eigenvalue weighted by atomic mass is 10.2. The summed E-state index contributed by atoms with van der Waals surface area (Å²) in [6.07, 6.45) is 1.53. The van der Waals surface area contributed by atoms with Gasteiger partial charge in [-0.25, -0.2) is 0 Å². The number of rotatable bonds is 4. The van der Waals surface area contributed by atoms with Crippen molar-refractivity contribution in [2.45, 2.75) is 20.4 Å². The Morgan fingerprint density at radius 1 is 1.24 bits per heavy atom. The molecule has 2 aromatic rings. The summed E-state index contributed by atoms with van der Waals surface area (Å²) < 4.78 is 11.8. The van der Waals surface area contributed by atoms with Crippen molar-refractivity contribution in [3.05, 3.63) is 51.8 Å². The normalized spacial score (nSPS) is 11.4. The van der Waals surface area contributed by atoms with Crippen LogP contribution in [0.3, 0.4) is 0 Å². The summed E-state index contributed by atoms with van der Waals surface area (Å²) >= 11 is 12.2. The van der Waals surface area contributed by atoms with E-state index in [2.05, 4.69) is 5.32 Å². The van der Waals surface area contributed by atoms with E-state index < -0.39 is 5.91 Å². The number of fused-ring (bicyclic) bond motifs is 1. The van der Waals surface area contributed by atoms with Gasteiger partial charge in [0.15, 0.2) is 11.5 Å². The van der Waals surface area contributed by atoms with E-state index in [1.807, 2.05) is 26.0 Å². The number of halogens is 2. The first-order chi connectivity index (χ1) is 12.1. The molecule has 0 unspecified atom stereocenters. The molecule has 25 heavy (non-hydrogen) atoms. The molecule has 3 rings (SSSR count). The number of pyridine rings is 1. The molecule has 1 aliphatic heterocycles. The summed E-state index contributed by atoms with van der Waals surface area (Å²) in [5, 5.41) is 3.11. The van der Waals surface area contributed by atoms with Crippen molar-refractivity contribution >= 4 is 29.1 Å². The van der Waals surface area contributed by atoms with Gasteiger partial charge >= 0.3 is 5.15 Å². The van der Waals surface area contributed by atoms with Crippen LogP contribution >= 0.6 is 23.2 Å². The van der Waals surface area contributed by atoms with Crippen molar-refractivity contribution in [1.82, 2.24) is 5.32 Å². The van der Waals surface area contributed by atoms with E-state index >= 15 is 0 Å². The molecule has 0 aliphatic carbocycles. The topological polar surface area (TPSA) is 60.7 Å². The standard InChI is InChI=1S/C15H12Cl2N2O4.C2H6/c1-21-19-5-4-10(16)13(14(19)17)15(20)18-7-9-2-3-11-12(6-9)23-8-22-11;1-2/h2-6H,7-8H2,1H3;1-2H3/p+1. The Hall–Kier alpha value is -2.18. The van der Waals surface area contributed by atoms with Crippen LogP contribution in [0.25, 0.3) is 0 Å². The number of aromatic nitrogens is 1. The predicted molar refractivity (Wildman–Crippen MR) is 94.2 cm³/mol. The molecule has 0 bridgehead atoms. The number of nitrogens with one attached hydrogen (secondary N) is 1. The van der Waals surface area contributed by atoms with Gasteiger partial charge in [-0.2, -0.15) is 0 Å². The summed E-state index contributed by atoms with van der Waals surface area (Å²) in [6, 6.07) is 6.99. The van der Waals surface area contributed by atoms with Crippen molar-refractivity contribution in [2.24, 2.45) is 0 Å². The minimum atomic E-state index is -0.399. The molecule has 0 saturated carbocycles. The first-order valence-electron chi connectivity index (χ1n) is 7.71. The summed E-state index contributed by atoms with van der Waals surface area (Å²) in [4.78, 5) is 17.4. The molecule has 1 aromatic carbocycles. The predicted octanol–water partition coefficient (Wildman–Crippen LogP) is 3.02. The van der Waals surface area contributed by atoms with Crippen molar-refractivity contribution in [3.63, 3.8) is 0 Å². The second kappa shape index (κ2) is 8.78. The van der Waals surface area contributed by atoms with Gasteiger partial charge in [-0.05, 0) is 29.3 Å². The van der Waals surface area contributed by atoms with Gasteiger partial charge in [0.1, 0.15) is 12.7 Å². The van der Waals surface area contributed by atoms with Crippen LogP contribution in [0.15, 0.2) is 30.5 Å². The molecule has 1 aromatic heterocycles. The lowest BCUT2D eigenvalue weighted by Crippen LogP contribution is -2.43. The SMILES string of the molecule is CC.CO[n+]1ccc(Cl)c(C(=O)NCc2ccc3c(c2)OCO3)c1Cl. The van der Waals surface area contributed by atoms with Crippen molar-refractivity contribution in [3.8, 4) is 11.5 Å². The van der Waals surface area contributed by atoms with Crippen LogP contribution in [0.2, 0.25) is 10.2 Å². The molecule has 2 heterocycles. The zero-order valence-electron chi connectivity index (χ0n) is 14.1. The number of carbonyl (C=O) groups excluding carboxylic acids is 1. The average Bonchev–Trinajstić information content (AvgIpc) is 3.09. The summed E-state index contributed by atoms with van der Waals surface area (Å²) in [7, 11) is 1.44. The summed E-state index contributed by atoms with van der Waals surface area (Å²) in [6.45, 7) is 4.50. The largest absolute Gasteiger partial charge is 0.454 e. The molecule has 1 N–H and O–H groups in total. The minimum Gasteiger partial charge on any atom is -0.454 e. The first kappa shape index (κ1) is 19.1. The monoisotopic (exact) mass is 385 g/mol. The highest BCUT2D eigenvalue weighted by atomic mass is 35.5. The second-order valence-corrected chi connectivity index (χ2v) is 5.47. The fourth-order valence-electron chi connectivity index (χ4n) is 2.16. The fraction of sp³-hybridized carbons (Fsp3) is 0.294. The smallest absolute Gasteiger partial charge is 0.339 e. The van der Waals surface area contributed by atoms with E-state index in [1.165, 1.54) is 24.1 Å². The lowest BCUT2D eigenvalue weighted by molar-refractivity contribution is -0.883. The van der Waals surface area contributed by atoms with Crippen LogP contribution in [0.4, 0.5) is 0 Å². The molecule has 0 atom stereocenters. The number of hydrogen-bond donors (Lipinski definition) is 1. The third-order valence-electron chi connectivity index (χ3n) is 3.31. The highest BCUT2D eigenvalue weighted by Gasteiger charge is 2.25. The summed E-state index contributed by atoms with van der Waals surface area (Å²) in [5.41, 5.74) is 1.02. The average molecular weight is 386 g/mol. The first-order valence-corrected chi connectivity index (χ1v) is 8.46. The van der Waals surface area contributed by atoms with Crippen molar-refractivity contribution < 1.29 is 23.8 Å². The maximum absolute atomic E-state index is 12.4. The van der Waals surface area contributed by atoms with Crippen molar-refractivity contribution in [2.75, 3.05) is 13.9 Å². The van der Waals surface area contributed by atoms with Gasteiger partial charge in [-0.3, -0.25) is 9.63 Å². The number of benzene rings is 1. The summed E-state index contributed by atoms with van der Waals surface area (Å²) in [5.74, 6) is 0.948. The number of carbonyl (C=O) groups is 1. The van der Waals surface area contributed by atoms with Crippen LogP contribution in [0.1, 0.15) is 29.8 Å².